The van der Waals surface area contributed by atoms with Gasteiger partial charge in [0, 0.05) is 18.7 Å². The van der Waals surface area contributed by atoms with Gasteiger partial charge in [0.15, 0.2) is 0 Å². The van der Waals surface area contributed by atoms with Gasteiger partial charge in [-0.25, -0.2) is 4.98 Å². The number of aromatic nitrogens is 2. The molecule has 0 spiro atoms. The summed E-state index contributed by atoms with van der Waals surface area (Å²) in [6.07, 6.45) is 0. The number of hydrogen-bond donors (Lipinski definition) is 2. The molecule has 18 heavy (non-hydrogen) atoms. The Morgan fingerprint density at radius 2 is 2.33 bits per heavy atom. The predicted octanol–water partition coefficient (Wildman–Crippen LogP) is 1.31. The second kappa shape index (κ2) is 5.95. The summed E-state index contributed by atoms with van der Waals surface area (Å²) in [4.78, 5) is 18.9. The molecule has 96 valence electrons. The van der Waals surface area contributed by atoms with E-state index in [0.717, 1.165) is 0 Å². The monoisotopic (exact) mass is 267 g/mol. The summed E-state index contributed by atoms with van der Waals surface area (Å²) < 4.78 is 4.92. The summed E-state index contributed by atoms with van der Waals surface area (Å²) in [7, 11) is 1.64. The van der Waals surface area contributed by atoms with Crippen LogP contribution in [0.15, 0.2) is 23.0 Å². The average molecular weight is 268 g/mol. The van der Waals surface area contributed by atoms with E-state index in [1.807, 2.05) is 0 Å². The minimum absolute atomic E-state index is 0.153. The van der Waals surface area contributed by atoms with Gasteiger partial charge in [0.1, 0.15) is 5.82 Å². The van der Waals surface area contributed by atoms with Crippen LogP contribution in [-0.4, -0.2) is 30.2 Å². The van der Waals surface area contributed by atoms with Crippen molar-refractivity contribution in [1.82, 2.24) is 15.3 Å². The van der Waals surface area contributed by atoms with Gasteiger partial charge in [-0.1, -0.05) is 11.6 Å². The second-order valence-corrected chi connectivity index (χ2v) is 4.28. The van der Waals surface area contributed by atoms with Crippen LogP contribution < -0.4 is 10.9 Å². The van der Waals surface area contributed by atoms with Crippen molar-refractivity contribution in [3.05, 3.63) is 39.4 Å². The highest BCUT2D eigenvalue weighted by Crippen LogP contribution is 2.14. The lowest BCUT2D eigenvalue weighted by molar-refractivity contribution is 0.199. The number of fused-ring (bicyclic) bond motifs is 1. The number of halogens is 1. The highest BCUT2D eigenvalue weighted by atomic mass is 35.5. The lowest BCUT2D eigenvalue weighted by atomic mass is 10.2. The molecule has 2 rings (SSSR count). The highest BCUT2D eigenvalue weighted by molar-refractivity contribution is 6.31. The number of ether oxygens (including phenoxy) is 1. The Hall–Kier alpha value is -1.43. The van der Waals surface area contributed by atoms with Gasteiger partial charge in [0.25, 0.3) is 5.56 Å². The van der Waals surface area contributed by atoms with E-state index in [2.05, 4.69) is 15.3 Å². The van der Waals surface area contributed by atoms with Crippen LogP contribution in [-0.2, 0) is 11.3 Å². The number of methoxy groups -OCH3 is 1. The number of H-pyrrole nitrogens is 1. The molecule has 0 aliphatic carbocycles. The average Bonchev–Trinajstić information content (AvgIpc) is 2.34. The first kappa shape index (κ1) is 13.0. The van der Waals surface area contributed by atoms with E-state index >= 15 is 0 Å². The maximum atomic E-state index is 11.8. The fourth-order valence-electron chi connectivity index (χ4n) is 1.63. The Morgan fingerprint density at radius 3 is 3.11 bits per heavy atom. The number of nitrogens with zero attached hydrogens (tertiary/aromatic N) is 1. The van der Waals surface area contributed by atoms with Crippen LogP contribution in [0.2, 0.25) is 5.02 Å². The first-order valence-corrected chi connectivity index (χ1v) is 5.96. The zero-order valence-electron chi connectivity index (χ0n) is 10.00. The second-order valence-electron chi connectivity index (χ2n) is 3.84. The van der Waals surface area contributed by atoms with Crippen LogP contribution in [0.25, 0.3) is 10.9 Å². The van der Waals surface area contributed by atoms with Gasteiger partial charge in [-0.3, -0.25) is 4.79 Å². The van der Waals surface area contributed by atoms with Crippen molar-refractivity contribution >= 4 is 22.5 Å². The summed E-state index contributed by atoms with van der Waals surface area (Å²) in [6, 6.07) is 5.04. The van der Waals surface area contributed by atoms with Crippen LogP contribution in [0.4, 0.5) is 0 Å². The van der Waals surface area contributed by atoms with Gasteiger partial charge < -0.3 is 15.0 Å². The molecule has 0 atom stereocenters. The molecule has 0 aliphatic rings. The Kier molecular flexibility index (Phi) is 4.30. The van der Waals surface area contributed by atoms with Crippen molar-refractivity contribution in [1.29, 1.82) is 0 Å². The Morgan fingerprint density at radius 1 is 1.50 bits per heavy atom. The third kappa shape index (κ3) is 3.07. The Labute approximate surface area is 109 Å². The van der Waals surface area contributed by atoms with Gasteiger partial charge in [0.2, 0.25) is 0 Å². The third-order valence-corrected chi connectivity index (χ3v) is 2.73. The van der Waals surface area contributed by atoms with Crippen molar-refractivity contribution in [2.24, 2.45) is 0 Å². The van der Waals surface area contributed by atoms with E-state index in [-0.39, 0.29) is 5.56 Å². The first-order valence-electron chi connectivity index (χ1n) is 5.59. The van der Waals surface area contributed by atoms with Crippen molar-refractivity contribution < 1.29 is 4.74 Å². The molecule has 0 aliphatic heterocycles. The lowest BCUT2D eigenvalue weighted by Gasteiger charge is -2.05. The van der Waals surface area contributed by atoms with Gasteiger partial charge in [-0.2, -0.15) is 0 Å². The zero-order chi connectivity index (χ0) is 13.0. The molecule has 2 N–H and O–H groups in total. The van der Waals surface area contributed by atoms with E-state index in [1.165, 1.54) is 0 Å². The van der Waals surface area contributed by atoms with Crippen molar-refractivity contribution in [2.45, 2.75) is 6.54 Å². The standard InChI is InChI=1S/C12H14ClN3O2/c1-18-5-4-14-7-11-15-10-6-8(13)2-3-9(10)12(17)16-11/h2-3,6,14H,4-5,7H2,1H3,(H,15,16,17). The van der Waals surface area contributed by atoms with Gasteiger partial charge in [-0.15, -0.1) is 0 Å². The van der Waals surface area contributed by atoms with E-state index in [1.54, 1.807) is 25.3 Å². The summed E-state index contributed by atoms with van der Waals surface area (Å²) >= 11 is 5.88. The lowest BCUT2D eigenvalue weighted by Crippen LogP contribution is -2.22. The van der Waals surface area contributed by atoms with Crippen LogP contribution in [0, 0.1) is 0 Å². The molecule has 5 nitrogen and oxygen atoms in total. The maximum Gasteiger partial charge on any atom is 0.258 e. The molecule has 0 amide bonds. The number of rotatable bonds is 5. The first-order chi connectivity index (χ1) is 8.70. The molecule has 0 unspecified atom stereocenters. The topological polar surface area (TPSA) is 67.0 Å². The molecular formula is C12H14ClN3O2. The van der Waals surface area contributed by atoms with E-state index in [4.69, 9.17) is 16.3 Å². The smallest absolute Gasteiger partial charge is 0.258 e. The number of benzene rings is 1. The molecule has 6 heteroatoms. The third-order valence-electron chi connectivity index (χ3n) is 2.49. The summed E-state index contributed by atoms with van der Waals surface area (Å²) in [6.45, 7) is 1.80. The molecule has 1 heterocycles. The maximum absolute atomic E-state index is 11.8. The Balaban J connectivity index is 2.22. The van der Waals surface area contributed by atoms with Crippen LogP contribution in [0.3, 0.4) is 0 Å². The fourth-order valence-corrected chi connectivity index (χ4v) is 1.79. The minimum Gasteiger partial charge on any atom is -0.383 e. The van der Waals surface area contributed by atoms with Crippen molar-refractivity contribution in [3.63, 3.8) is 0 Å². The van der Waals surface area contributed by atoms with Crippen molar-refractivity contribution in [2.75, 3.05) is 20.3 Å². The van der Waals surface area contributed by atoms with Crippen LogP contribution >= 0.6 is 11.6 Å². The van der Waals surface area contributed by atoms with Crippen molar-refractivity contribution in [3.8, 4) is 0 Å². The van der Waals surface area contributed by atoms with Gasteiger partial charge in [0.05, 0.1) is 24.1 Å². The SMILES string of the molecule is COCCNCc1nc2cc(Cl)ccc2c(=O)[nH]1. The quantitative estimate of drug-likeness (QED) is 0.802. The van der Waals surface area contributed by atoms with Crippen LogP contribution in [0.1, 0.15) is 5.82 Å². The number of nitrogens with one attached hydrogen (secondary N) is 2. The van der Waals surface area contributed by atoms with Gasteiger partial charge >= 0.3 is 0 Å². The molecule has 0 saturated carbocycles. The largest absolute Gasteiger partial charge is 0.383 e. The molecule has 0 radical (unpaired) electrons. The molecule has 1 aromatic carbocycles. The molecule has 0 fully saturated rings. The fraction of sp³-hybridized carbons (Fsp3) is 0.333. The number of aromatic amines is 1. The van der Waals surface area contributed by atoms with E-state index in [9.17, 15) is 4.79 Å². The molecule has 1 aromatic heterocycles. The minimum atomic E-state index is -0.153. The highest BCUT2D eigenvalue weighted by Gasteiger charge is 2.04. The van der Waals surface area contributed by atoms with E-state index < -0.39 is 0 Å². The normalized spacial score (nSPS) is 11.0. The predicted molar refractivity (Wildman–Crippen MR) is 71.0 cm³/mol. The van der Waals surface area contributed by atoms with E-state index in [0.29, 0.717) is 41.4 Å². The summed E-state index contributed by atoms with van der Waals surface area (Å²) in [5.41, 5.74) is 0.454. The zero-order valence-corrected chi connectivity index (χ0v) is 10.8. The number of hydrogen-bond acceptors (Lipinski definition) is 4. The molecule has 0 bridgehead atoms. The molecule has 2 aromatic rings. The molecule has 0 saturated heterocycles. The molecular weight excluding hydrogens is 254 g/mol. The van der Waals surface area contributed by atoms with Crippen LogP contribution in [0.5, 0.6) is 0 Å². The summed E-state index contributed by atoms with van der Waals surface area (Å²) in [5, 5.41) is 4.23. The Bertz CT molecular complexity index is 597. The van der Waals surface area contributed by atoms with Gasteiger partial charge in [-0.05, 0) is 18.2 Å². The summed E-state index contributed by atoms with van der Waals surface area (Å²) in [5.74, 6) is 0.589.